The average molecular weight is 729 g/mol. The van der Waals surface area contributed by atoms with E-state index in [1.807, 2.05) is 84.9 Å². The van der Waals surface area contributed by atoms with Crippen LogP contribution >= 0.6 is 11.8 Å². The molecule has 6 rings (SSSR count). The Bertz CT molecular complexity index is 2070. The molecular weight excluding hydrogens is 685 g/mol. The third-order valence-corrected chi connectivity index (χ3v) is 9.44. The minimum absolute atomic E-state index is 0.404. The lowest BCUT2D eigenvalue weighted by Crippen LogP contribution is -2.12. The van der Waals surface area contributed by atoms with Gasteiger partial charge >= 0.3 is 0 Å². The van der Waals surface area contributed by atoms with Crippen molar-refractivity contribution in [3.8, 4) is 22.9 Å². The fraction of sp³-hybridized carbons (Fsp3) is 0.214. The van der Waals surface area contributed by atoms with Crippen molar-refractivity contribution in [2.24, 2.45) is 0 Å². The normalized spacial score (nSPS) is 11.1. The van der Waals surface area contributed by atoms with Crippen molar-refractivity contribution in [1.82, 2.24) is 20.2 Å². The van der Waals surface area contributed by atoms with Gasteiger partial charge in [0.2, 0.25) is 5.16 Å². The average Bonchev–Trinajstić information content (AvgIpc) is 3.68. The molecule has 0 saturated heterocycles. The van der Waals surface area contributed by atoms with Gasteiger partial charge in [0, 0.05) is 25.5 Å². The lowest BCUT2D eigenvalue weighted by Gasteiger charge is -2.18. The number of benzene rings is 5. The predicted octanol–water partition coefficient (Wildman–Crippen LogP) is 8.81. The fourth-order valence-corrected chi connectivity index (χ4v) is 6.44. The first-order chi connectivity index (χ1) is 26.0. The predicted molar refractivity (Wildman–Crippen MR) is 212 cm³/mol. The topological polar surface area (TPSA) is 95.8 Å². The molecule has 0 spiro atoms. The summed E-state index contributed by atoms with van der Waals surface area (Å²) < 4.78 is 18.2. The highest BCUT2D eigenvalue weighted by Crippen LogP contribution is 2.26. The molecule has 0 aliphatic rings. The summed E-state index contributed by atoms with van der Waals surface area (Å²) in [6.07, 6.45) is 6.19. The van der Waals surface area contributed by atoms with E-state index in [2.05, 4.69) is 82.5 Å². The molecule has 0 bridgehead atoms. The molecule has 272 valence electrons. The Hall–Kier alpha value is -5.78. The summed E-state index contributed by atoms with van der Waals surface area (Å²) in [5, 5.41) is 13.1. The van der Waals surface area contributed by atoms with Crippen molar-refractivity contribution in [2.45, 2.75) is 37.0 Å². The van der Waals surface area contributed by atoms with Crippen molar-refractivity contribution < 1.29 is 19.0 Å². The summed E-state index contributed by atoms with van der Waals surface area (Å²) in [5.74, 6) is 3.24. The largest absolute Gasteiger partial charge is 0.497 e. The van der Waals surface area contributed by atoms with Gasteiger partial charge in [0.25, 0.3) is 0 Å². The summed E-state index contributed by atoms with van der Waals surface area (Å²) in [4.78, 5) is 8.12. The Morgan fingerprint density at radius 1 is 0.755 bits per heavy atom. The lowest BCUT2D eigenvalue weighted by molar-refractivity contribution is 0.180. The fourth-order valence-electron chi connectivity index (χ4n) is 5.59. The van der Waals surface area contributed by atoms with Crippen LogP contribution in [0.5, 0.6) is 17.2 Å². The Morgan fingerprint density at radius 3 is 2.17 bits per heavy atom. The number of aryl methyl sites for hydroxylation is 1. The van der Waals surface area contributed by atoms with Gasteiger partial charge in [-0.05, 0) is 112 Å². The molecule has 1 aromatic heterocycles. The van der Waals surface area contributed by atoms with E-state index in [0.717, 1.165) is 69.5 Å². The van der Waals surface area contributed by atoms with E-state index in [0.29, 0.717) is 18.4 Å². The maximum absolute atomic E-state index is 5.96. The van der Waals surface area contributed by atoms with Crippen LogP contribution in [0, 0.1) is 0 Å². The van der Waals surface area contributed by atoms with E-state index in [-0.39, 0.29) is 0 Å². The third kappa shape index (κ3) is 10.6. The van der Waals surface area contributed by atoms with Crippen LogP contribution in [0.1, 0.15) is 34.2 Å². The second-order valence-electron chi connectivity index (χ2n) is 12.5. The zero-order chi connectivity index (χ0) is 36.8. The lowest BCUT2D eigenvalue weighted by atomic mass is 10.0. The molecule has 10 nitrogen and oxygen atoms in total. The summed E-state index contributed by atoms with van der Waals surface area (Å²) in [6, 6.07) is 38.4. The highest BCUT2D eigenvalue weighted by molar-refractivity contribution is 7.98. The third-order valence-electron chi connectivity index (χ3n) is 8.45. The number of anilines is 2. The minimum atomic E-state index is 0.404. The van der Waals surface area contributed by atoms with Crippen LogP contribution in [-0.2, 0) is 30.2 Å². The first-order valence-corrected chi connectivity index (χ1v) is 18.3. The van der Waals surface area contributed by atoms with Gasteiger partial charge in [-0.25, -0.2) is 0 Å². The molecule has 0 saturated carbocycles. The van der Waals surface area contributed by atoms with E-state index in [1.165, 1.54) is 11.3 Å². The maximum atomic E-state index is 5.96. The number of thioether (sulfide) groups is 1. The van der Waals surface area contributed by atoms with Gasteiger partial charge in [0.1, 0.15) is 23.9 Å². The number of hydrogen-bond acceptors (Lipinski definition) is 10. The van der Waals surface area contributed by atoms with Crippen LogP contribution in [0.4, 0.5) is 11.4 Å². The zero-order valence-electron chi connectivity index (χ0n) is 30.4. The van der Waals surface area contributed by atoms with Gasteiger partial charge in [0.15, 0.2) is 0 Å². The molecule has 0 unspecified atom stereocenters. The smallest absolute Gasteiger partial charge is 0.214 e. The molecule has 53 heavy (non-hydrogen) atoms. The Balaban J connectivity index is 0.991. The molecule has 1 N–H and O–H groups in total. The second kappa shape index (κ2) is 18.6. The molecule has 11 heteroatoms. The quantitative estimate of drug-likeness (QED) is 0.0684. The molecule has 0 amide bonds. The van der Waals surface area contributed by atoms with Crippen LogP contribution in [0.25, 0.3) is 11.8 Å². The highest BCUT2D eigenvalue weighted by Gasteiger charge is 2.11. The number of nitrogens with zero attached hydrogens (tertiary/aromatic N) is 5. The van der Waals surface area contributed by atoms with E-state index < -0.39 is 0 Å². The maximum Gasteiger partial charge on any atom is 0.214 e. The van der Waals surface area contributed by atoms with Gasteiger partial charge in [0.05, 0.1) is 32.2 Å². The zero-order valence-corrected chi connectivity index (χ0v) is 31.3. The Labute approximate surface area is 315 Å². The number of tetrazole rings is 1. The molecule has 0 radical (unpaired) electrons. The molecule has 0 atom stereocenters. The van der Waals surface area contributed by atoms with Crippen molar-refractivity contribution in [3.63, 3.8) is 0 Å². The number of nitrogens with one attached hydrogen (secondary N) is 1. The number of ether oxygens (including phenoxy) is 3. The molecule has 0 fully saturated rings. The summed E-state index contributed by atoms with van der Waals surface area (Å²) in [6.45, 7) is 0.914. The highest BCUT2D eigenvalue weighted by atomic mass is 32.2. The first-order valence-electron chi connectivity index (χ1n) is 17.3. The number of aromatic nitrogens is 4. The number of methoxy groups -OCH3 is 2. The van der Waals surface area contributed by atoms with Crippen LogP contribution in [0.3, 0.4) is 0 Å². The summed E-state index contributed by atoms with van der Waals surface area (Å²) in [7, 11) is 7.48. The standard InChI is InChI=1S/C42H44N6O4S/c1-47(2)41-25-18-34(26-35(41)9-6-5-8-31-12-23-40(24-13-31)51-28-32-14-19-38(49-3)20-15-32)29-52-44-36-10-7-11-37(27-36)48-42(43-45-46-48)53-30-33-16-21-39(50-4)22-17-33/h5,7-8,10-27,44H,6,9,28-30H2,1-4H3/b8-5+. The van der Waals surface area contributed by atoms with Gasteiger partial charge in [-0.2, -0.15) is 4.68 Å². The van der Waals surface area contributed by atoms with Gasteiger partial charge in [-0.1, -0.05) is 78.5 Å². The SMILES string of the molecule is COc1ccc(COc2ccc(/C=C/CCc3cc(CONc4cccc(-n5nnnc5SCc5ccc(OC)cc5)c4)ccc3N(C)C)cc2)cc1. The second-order valence-corrected chi connectivity index (χ2v) is 13.4. The van der Waals surface area contributed by atoms with Crippen LogP contribution in [0.2, 0.25) is 0 Å². The molecule has 6 aromatic rings. The van der Waals surface area contributed by atoms with Crippen LogP contribution in [0.15, 0.2) is 126 Å². The van der Waals surface area contributed by atoms with Crippen molar-refractivity contribution in [3.05, 3.63) is 149 Å². The molecule has 0 aliphatic heterocycles. The van der Waals surface area contributed by atoms with Crippen molar-refractivity contribution in [2.75, 3.05) is 38.7 Å². The molecular formula is C42H44N6O4S. The first kappa shape index (κ1) is 37.0. The minimum Gasteiger partial charge on any atom is -0.497 e. The van der Waals surface area contributed by atoms with Crippen molar-refractivity contribution in [1.29, 1.82) is 0 Å². The monoisotopic (exact) mass is 728 g/mol. The summed E-state index contributed by atoms with van der Waals surface area (Å²) >= 11 is 1.57. The molecule has 0 aliphatic carbocycles. The van der Waals surface area contributed by atoms with Gasteiger partial charge in [-0.15, -0.1) is 5.10 Å². The van der Waals surface area contributed by atoms with Crippen LogP contribution in [-0.4, -0.2) is 48.5 Å². The van der Waals surface area contributed by atoms with Gasteiger partial charge < -0.3 is 19.1 Å². The van der Waals surface area contributed by atoms with E-state index >= 15 is 0 Å². The van der Waals surface area contributed by atoms with Gasteiger partial charge in [-0.3, -0.25) is 10.3 Å². The molecule has 1 heterocycles. The van der Waals surface area contributed by atoms with E-state index in [9.17, 15) is 0 Å². The number of hydrogen-bond donors (Lipinski definition) is 1. The Kier molecular flexibility index (Phi) is 13.0. The molecule has 5 aromatic carbocycles. The summed E-state index contributed by atoms with van der Waals surface area (Å²) in [5.41, 5.74) is 11.7. The van der Waals surface area contributed by atoms with E-state index in [4.69, 9.17) is 19.0 Å². The Morgan fingerprint density at radius 2 is 1.45 bits per heavy atom. The van der Waals surface area contributed by atoms with Crippen LogP contribution < -0.4 is 24.6 Å². The number of rotatable bonds is 18. The van der Waals surface area contributed by atoms with Crippen molar-refractivity contribution >= 4 is 29.2 Å². The van der Waals surface area contributed by atoms with E-state index in [1.54, 1.807) is 30.7 Å². The number of allylic oxidation sites excluding steroid dienone is 1.